The van der Waals surface area contributed by atoms with Gasteiger partial charge in [-0.3, -0.25) is 14.6 Å². The molecule has 1 fully saturated rings. The molecule has 1 atom stereocenters. The predicted octanol–water partition coefficient (Wildman–Crippen LogP) is 0.576. The molecule has 0 spiro atoms. The van der Waals surface area contributed by atoms with Gasteiger partial charge in [0.05, 0.1) is 38.6 Å². The molecule has 1 aliphatic heterocycles. The zero-order chi connectivity index (χ0) is 19.1. The molecule has 27 heavy (non-hydrogen) atoms. The van der Waals surface area contributed by atoms with Gasteiger partial charge in [0.2, 0.25) is 11.8 Å². The van der Waals surface area contributed by atoms with E-state index in [2.05, 4.69) is 10.3 Å². The molecule has 2 heterocycles. The zero-order valence-corrected chi connectivity index (χ0v) is 15.7. The summed E-state index contributed by atoms with van der Waals surface area (Å²) in [7, 11) is 0. The van der Waals surface area contributed by atoms with E-state index in [1.54, 1.807) is 0 Å². The maximum absolute atomic E-state index is 12.8. The quantitative estimate of drug-likeness (QED) is 0.785. The first-order valence-corrected chi connectivity index (χ1v) is 9.44. The van der Waals surface area contributed by atoms with Crippen molar-refractivity contribution >= 4 is 11.8 Å². The maximum atomic E-state index is 12.8. The number of benzene rings is 1. The largest absolute Gasteiger partial charge is 0.349 e. The minimum atomic E-state index is -0.279. The Balaban J connectivity index is 1.54. The van der Waals surface area contributed by atoms with Gasteiger partial charge in [-0.15, -0.1) is 0 Å². The summed E-state index contributed by atoms with van der Waals surface area (Å²) in [5.74, 6) is -0.0242. The molecule has 2 aromatic rings. The van der Waals surface area contributed by atoms with Crippen LogP contribution in [0.4, 0.5) is 0 Å². The molecule has 0 aliphatic carbocycles. The van der Waals surface area contributed by atoms with Crippen molar-refractivity contribution in [2.45, 2.75) is 25.9 Å². The number of rotatable bonds is 6. The lowest BCUT2D eigenvalue weighted by Crippen LogP contribution is -3.13. The van der Waals surface area contributed by atoms with Gasteiger partial charge in [-0.25, -0.2) is 0 Å². The summed E-state index contributed by atoms with van der Waals surface area (Å²) >= 11 is 0. The number of quaternary nitrogens is 1. The fourth-order valence-electron chi connectivity index (χ4n) is 3.53. The number of carbonyl (C=O) groups excluding carboxylic acids is 2. The third-order valence-corrected chi connectivity index (χ3v) is 4.98. The Bertz CT molecular complexity index is 743. The van der Waals surface area contributed by atoms with E-state index >= 15 is 0 Å². The maximum Gasteiger partial charge on any atom is 0.225 e. The highest BCUT2D eigenvalue weighted by Crippen LogP contribution is 2.18. The molecule has 1 aliphatic rings. The van der Waals surface area contributed by atoms with Gasteiger partial charge in [-0.1, -0.05) is 30.3 Å². The van der Waals surface area contributed by atoms with Gasteiger partial charge < -0.3 is 15.1 Å². The van der Waals surface area contributed by atoms with E-state index in [9.17, 15) is 9.59 Å². The first kappa shape index (κ1) is 19.0. The summed E-state index contributed by atoms with van der Waals surface area (Å²) in [6.45, 7) is 5.82. The van der Waals surface area contributed by atoms with Crippen LogP contribution in [0.25, 0.3) is 0 Å². The Morgan fingerprint density at radius 1 is 1.11 bits per heavy atom. The topological polar surface area (TPSA) is 66.7 Å². The molecular weight excluding hydrogens is 340 g/mol. The average Bonchev–Trinajstić information content (AvgIpc) is 2.69. The highest BCUT2D eigenvalue weighted by Gasteiger charge is 2.26. The molecule has 6 heteroatoms. The minimum absolute atomic E-state index is 0.0977. The summed E-state index contributed by atoms with van der Waals surface area (Å²) in [4.78, 5) is 31.8. The fourth-order valence-corrected chi connectivity index (χ4v) is 3.53. The number of hydrogen-bond acceptors (Lipinski definition) is 3. The molecule has 0 unspecified atom stereocenters. The molecule has 2 N–H and O–H groups in total. The van der Waals surface area contributed by atoms with Gasteiger partial charge in [-0.05, 0) is 17.7 Å². The summed E-state index contributed by atoms with van der Waals surface area (Å²) in [5, 5.41) is 2.91. The average molecular weight is 367 g/mol. The third-order valence-electron chi connectivity index (χ3n) is 4.98. The second-order valence-corrected chi connectivity index (χ2v) is 7.03. The van der Waals surface area contributed by atoms with Crippen LogP contribution in [0.1, 0.15) is 30.5 Å². The number of hydrogen-bond donors (Lipinski definition) is 2. The Labute approximate surface area is 160 Å². The van der Waals surface area contributed by atoms with Crippen LogP contribution < -0.4 is 10.2 Å². The van der Waals surface area contributed by atoms with Gasteiger partial charge in [0, 0.05) is 24.9 Å². The van der Waals surface area contributed by atoms with Crippen molar-refractivity contribution in [3.8, 4) is 0 Å². The smallest absolute Gasteiger partial charge is 0.225 e. The van der Waals surface area contributed by atoms with Crippen molar-refractivity contribution < 1.29 is 14.5 Å². The number of nitrogens with zero attached hydrogens (tertiary/aromatic N) is 2. The van der Waals surface area contributed by atoms with Crippen LogP contribution in [-0.4, -0.2) is 47.9 Å². The molecule has 1 aromatic heterocycles. The number of carbonyl (C=O) groups is 2. The van der Waals surface area contributed by atoms with Crippen molar-refractivity contribution in [3.63, 3.8) is 0 Å². The van der Waals surface area contributed by atoms with Crippen molar-refractivity contribution in [1.82, 2.24) is 15.2 Å². The van der Waals surface area contributed by atoms with E-state index in [1.165, 1.54) is 17.4 Å². The number of amides is 2. The van der Waals surface area contributed by atoms with Crippen LogP contribution in [-0.2, 0) is 16.1 Å². The van der Waals surface area contributed by atoms with Crippen LogP contribution in [0, 0.1) is 0 Å². The number of aromatic nitrogens is 1. The van der Waals surface area contributed by atoms with Crippen LogP contribution in [0.5, 0.6) is 0 Å². The van der Waals surface area contributed by atoms with E-state index in [0.29, 0.717) is 6.42 Å². The highest BCUT2D eigenvalue weighted by molar-refractivity contribution is 5.79. The monoisotopic (exact) mass is 367 g/mol. The second kappa shape index (κ2) is 9.28. The Morgan fingerprint density at radius 2 is 1.78 bits per heavy atom. The molecule has 0 bridgehead atoms. The Hall–Kier alpha value is -2.73. The molecule has 3 rings (SSSR count). The van der Waals surface area contributed by atoms with Gasteiger partial charge in [0.15, 0.2) is 0 Å². The van der Waals surface area contributed by atoms with E-state index in [1.807, 2.05) is 59.8 Å². The highest BCUT2D eigenvalue weighted by atomic mass is 16.2. The number of pyridine rings is 1. The molecule has 6 nitrogen and oxygen atoms in total. The van der Waals surface area contributed by atoms with E-state index in [-0.39, 0.29) is 17.9 Å². The standard InChI is InChI=1S/C21H26N4O2/c1-17(26)23-20(19-5-3-2-4-6-19)15-21(27)25-13-11-24(12-14-25)16-18-7-9-22-10-8-18/h2-10,20H,11-16H2,1H3,(H,23,26)/p+1/t20-/m0/s1. The Kier molecular flexibility index (Phi) is 6.54. The van der Waals surface area contributed by atoms with E-state index < -0.39 is 0 Å². The van der Waals surface area contributed by atoms with Gasteiger partial charge in [-0.2, -0.15) is 0 Å². The van der Waals surface area contributed by atoms with E-state index in [0.717, 1.165) is 38.3 Å². The first-order chi connectivity index (χ1) is 13.1. The van der Waals surface area contributed by atoms with Crippen LogP contribution in [0.2, 0.25) is 0 Å². The lowest BCUT2D eigenvalue weighted by molar-refractivity contribution is -0.917. The number of nitrogens with one attached hydrogen (secondary N) is 2. The summed E-state index contributed by atoms with van der Waals surface area (Å²) in [6, 6.07) is 13.5. The molecular formula is C21H27N4O2+. The molecule has 0 saturated carbocycles. The lowest BCUT2D eigenvalue weighted by Gasteiger charge is -2.33. The normalized spacial score (nSPS) is 16.0. The van der Waals surface area contributed by atoms with Crippen LogP contribution >= 0.6 is 0 Å². The van der Waals surface area contributed by atoms with Gasteiger partial charge >= 0.3 is 0 Å². The molecule has 0 radical (unpaired) electrons. The van der Waals surface area contributed by atoms with Crippen molar-refractivity contribution in [2.75, 3.05) is 26.2 Å². The van der Waals surface area contributed by atoms with E-state index in [4.69, 9.17) is 0 Å². The van der Waals surface area contributed by atoms with Crippen LogP contribution in [0.15, 0.2) is 54.9 Å². The van der Waals surface area contributed by atoms with Crippen molar-refractivity contribution in [3.05, 3.63) is 66.0 Å². The first-order valence-electron chi connectivity index (χ1n) is 9.44. The molecule has 2 amide bonds. The zero-order valence-electron chi connectivity index (χ0n) is 15.7. The molecule has 142 valence electrons. The second-order valence-electron chi connectivity index (χ2n) is 7.03. The van der Waals surface area contributed by atoms with Gasteiger partial charge in [0.1, 0.15) is 6.54 Å². The lowest BCUT2D eigenvalue weighted by atomic mass is 10.0. The predicted molar refractivity (Wildman–Crippen MR) is 103 cm³/mol. The summed E-state index contributed by atoms with van der Waals surface area (Å²) in [5.41, 5.74) is 2.23. The molecule has 1 saturated heterocycles. The SMILES string of the molecule is CC(=O)N[C@@H](CC(=O)N1CC[NH+](Cc2ccncc2)CC1)c1ccccc1. The number of piperazine rings is 1. The summed E-state index contributed by atoms with van der Waals surface area (Å²) in [6.07, 6.45) is 3.93. The van der Waals surface area contributed by atoms with Crippen molar-refractivity contribution in [2.24, 2.45) is 0 Å². The third kappa shape index (κ3) is 5.62. The van der Waals surface area contributed by atoms with Crippen LogP contribution in [0.3, 0.4) is 0 Å². The Morgan fingerprint density at radius 3 is 2.41 bits per heavy atom. The molecule has 1 aromatic carbocycles. The minimum Gasteiger partial charge on any atom is -0.349 e. The fraction of sp³-hybridized carbons (Fsp3) is 0.381. The van der Waals surface area contributed by atoms with Gasteiger partial charge in [0.25, 0.3) is 0 Å². The van der Waals surface area contributed by atoms with Crippen molar-refractivity contribution in [1.29, 1.82) is 0 Å². The summed E-state index contributed by atoms with van der Waals surface area (Å²) < 4.78 is 0.